The number of methoxy groups -OCH3 is 1. The van der Waals surface area contributed by atoms with E-state index < -0.39 is 17.2 Å². The van der Waals surface area contributed by atoms with Crippen molar-refractivity contribution in [1.82, 2.24) is 4.98 Å². The van der Waals surface area contributed by atoms with Gasteiger partial charge in [-0.2, -0.15) is 0 Å². The largest absolute Gasteiger partial charge is 0.469 e. The first-order chi connectivity index (χ1) is 23.8. The molecule has 1 aliphatic carbocycles. The number of nitrogens with one attached hydrogen (secondary N) is 1. The number of carbonyl (C=O) groups is 2. The van der Waals surface area contributed by atoms with E-state index in [1.54, 1.807) is 13.0 Å². The molecule has 1 saturated carbocycles. The standard InChI is InChI=1S/C40H54N4O6/c1-9-11-12-13-16-50-24(6)35-22(4)28-18-27-21(3)25(14-15-34(46)49-8)37(42-27)26-17-31(45)36-23(5)29(43-38(26)36)19-33-40(48,10-2)39(7,47)32(44-33)20-30(35)41-28/h18-19,21,24-26,38,41,47-48H,9-17,20H2,1-8H3/t21-,24?,25-,26?,38?,39+,40-/m0/s1. The van der Waals surface area contributed by atoms with Gasteiger partial charge in [-0.3, -0.25) is 24.6 Å². The number of H-pyrrole nitrogens is 1. The average molecular weight is 687 g/mol. The lowest BCUT2D eigenvalue weighted by Gasteiger charge is -2.35. The number of ketones is 1. The van der Waals surface area contributed by atoms with E-state index in [0.717, 1.165) is 58.8 Å². The van der Waals surface area contributed by atoms with Gasteiger partial charge in [-0.05, 0) is 70.2 Å². The molecule has 1 aromatic heterocycles. The fourth-order valence-corrected chi connectivity index (χ4v) is 8.83. The van der Waals surface area contributed by atoms with Crippen molar-refractivity contribution in [3.63, 3.8) is 0 Å². The molecule has 3 N–H and O–H groups in total. The van der Waals surface area contributed by atoms with Gasteiger partial charge < -0.3 is 24.7 Å². The van der Waals surface area contributed by atoms with Crippen LogP contribution in [0.3, 0.4) is 0 Å². The van der Waals surface area contributed by atoms with Crippen molar-refractivity contribution in [2.45, 2.75) is 130 Å². The predicted molar refractivity (Wildman–Crippen MR) is 195 cm³/mol. The first kappa shape index (κ1) is 36.3. The number of aliphatic hydroxyl groups is 2. The highest BCUT2D eigenvalue weighted by Gasteiger charge is 2.56. The second kappa shape index (κ2) is 13.9. The number of nitrogens with zero attached hydrogens (tertiary/aromatic N) is 3. The number of esters is 1. The molecule has 1 aromatic rings. The SMILES string of the molecule is CCCCCCOC(C)c1c2[nH]c(c1C)C=C1N=C(C3CC(=O)C4=C(C)C(=NC43)C=C3N=C(C2)[C@@](C)(O)[C@]3(O)CC)[C@@H](CCC(=O)OC)[C@@H]1C. The van der Waals surface area contributed by atoms with Crippen LogP contribution in [-0.2, 0) is 25.5 Å². The Labute approximate surface area is 296 Å². The zero-order chi connectivity index (χ0) is 36.1. The number of hydrogen-bond acceptors (Lipinski definition) is 9. The van der Waals surface area contributed by atoms with Crippen LogP contribution in [0.4, 0.5) is 0 Å². The average Bonchev–Trinajstić information content (AvgIpc) is 3.81. The Kier molecular flexibility index (Phi) is 10.1. The molecule has 0 radical (unpaired) electrons. The number of aromatic nitrogens is 1. The molecule has 1 fully saturated rings. The van der Waals surface area contributed by atoms with Crippen LogP contribution in [0.2, 0.25) is 0 Å². The maximum Gasteiger partial charge on any atom is 0.305 e. The zero-order valence-corrected chi connectivity index (χ0v) is 31.0. The van der Waals surface area contributed by atoms with Crippen LogP contribution in [-0.4, -0.2) is 75.0 Å². The molecular formula is C40H54N4O6. The van der Waals surface area contributed by atoms with Gasteiger partial charge >= 0.3 is 5.97 Å². The van der Waals surface area contributed by atoms with Gasteiger partial charge in [0.1, 0.15) is 11.2 Å². The highest BCUT2D eigenvalue weighted by molar-refractivity contribution is 6.20. The Morgan fingerprint density at radius 2 is 1.90 bits per heavy atom. The summed E-state index contributed by atoms with van der Waals surface area (Å²) >= 11 is 0. The Hall–Kier alpha value is -3.47. The molecule has 0 saturated heterocycles. The topological polar surface area (TPSA) is 146 Å². The van der Waals surface area contributed by atoms with E-state index in [2.05, 4.69) is 38.8 Å². The van der Waals surface area contributed by atoms with Gasteiger partial charge in [0.25, 0.3) is 0 Å². The molecule has 0 amide bonds. The Morgan fingerprint density at radius 1 is 1.14 bits per heavy atom. The van der Waals surface area contributed by atoms with E-state index in [4.69, 9.17) is 24.5 Å². The Bertz CT molecular complexity index is 1760. The minimum absolute atomic E-state index is 0.0101. The van der Waals surface area contributed by atoms with Crippen LogP contribution in [0.5, 0.6) is 0 Å². The maximum atomic E-state index is 13.6. The van der Waals surface area contributed by atoms with E-state index in [9.17, 15) is 19.8 Å². The highest BCUT2D eigenvalue weighted by atomic mass is 16.5. The summed E-state index contributed by atoms with van der Waals surface area (Å²) in [6.45, 7) is 14.5. The third-order valence-corrected chi connectivity index (χ3v) is 12.1. The third kappa shape index (κ3) is 6.01. The number of Topliss-reactive ketones (excluding diaryl/α,β-unsaturated/α-hetero) is 1. The molecule has 0 aromatic carbocycles. The zero-order valence-electron chi connectivity index (χ0n) is 31.0. The maximum absolute atomic E-state index is 13.6. The van der Waals surface area contributed by atoms with Crippen molar-refractivity contribution in [3.05, 3.63) is 51.1 Å². The summed E-state index contributed by atoms with van der Waals surface area (Å²) in [4.78, 5) is 45.0. The summed E-state index contributed by atoms with van der Waals surface area (Å²) in [5, 5.41) is 24.2. The molecule has 3 unspecified atom stereocenters. The number of ether oxygens (including phenoxy) is 2. The van der Waals surface area contributed by atoms with Crippen molar-refractivity contribution in [2.24, 2.45) is 32.7 Å². The number of allylic oxidation sites excluding steroid dienone is 3. The molecule has 6 rings (SSSR count). The van der Waals surface area contributed by atoms with Gasteiger partial charge in [0, 0.05) is 77.6 Å². The second-order valence-electron chi connectivity index (χ2n) is 15.0. The van der Waals surface area contributed by atoms with E-state index in [-0.39, 0.29) is 54.9 Å². The van der Waals surface area contributed by atoms with Crippen LogP contribution in [0.1, 0.15) is 122 Å². The summed E-state index contributed by atoms with van der Waals surface area (Å²) in [6.07, 6.45) is 9.68. The minimum atomic E-state index is -1.66. The number of unbranched alkanes of at least 4 members (excludes halogenated alkanes) is 3. The van der Waals surface area contributed by atoms with Gasteiger partial charge in [0.2, 0.25) is 0 Å². The van der Waals surface area contributed by atoms with E-state index in [1.807, 2.05) is 13.8 Å². The van der Waals surface area contributed by atoms with Crippen LogP contribution in [0, 0.1) is 24.7 Å². The molecule has 4 aliphatic heterocycles. The van der Waals surface area contributed by atoms with Gasteiger partial charge in [-0.25, -0.2) is 0 Å². The van der Waals surface area contributed by atoms with Gasteiger partial charge in [-0.1, -0.05) is 40.0 Å². The van der Waals surface area contributed by atoms with Crippen molar-refractivity contribution < 1.29 is 29.3 Å². The molecule has 8 bridgehead atoms. The summed E-state index contributed by atoms with van der Waals surface area (Å²) < 4.78 is 11.4. The summed E-state index contributed by atoms with van der Waals surface area (Å²) in [5.41, 5.74) is 5.11. The molecular weight excluding hydrogens is 632 g/mol. The monoisotopic (exact) mass is 686 g/mol. The summed E-state index contributed by atoms with van der Waals surface area (Å²) in [7, 11) is 1.40. The number of rotatable bonds is 11. The van der Waals surface area contributed by atoms with Crippen LogP contribution >= 0.6 is 0 Å². The molecule has 5 heterocycles. The Morgan fingerprint density at radius 3 is 2.60 bits per heavy atom. The predicted octanol–water partition coefficient (Wildman–Crippen LogP) is 6.50. The number of aliphatic imine (C=N–C) groups is 3. The van der Waals surface area contributed by atoms with Crippen LogP contribution in [0.15, 0.2) is 43.6 Å². The lowest BCUT2D eigenvalue weighted by atomic mass is 9.78. The molecule has 7 atom stereocenters. The van der Waals surface area contributed by atoms with Gasteiger partial charge in [-0.15, -0.1) is 0 Å². The second-order valence-corrected chi connectivity index (χ2v) is 15.0. The van der Waals surface area contributed by atoms with Crippen molar-refractivity contribution >= 4 is 35.0 Å². The highest BCUT2D eigenvalue weighted by Crippen LogP contribution is 2.48. The summed E-state index contributed by atoms with van der Waals surface area (Å²) in [6, 6.07) is -0.408. The molecule has 270 valence electrons. The lowest BCUT2D eigenvalue weighted by molar-refractivity contribution is -0.140. The molecule has 0 spiro atoms. The third-order valence-electron chi connectivity index (χ3n) is 12.1. The van der Waals surface area contributed by atoms with E-state index in [0.29, 0.717) is 42.1 Å². The van der Waals surface area contributed by atoms with Crippen molar-refractivity contribution in [3.8, 4) is 0 Å². The normalized spacial score (nSPS) is 30.7. The van der Waals surface area contributed by atoms with Crippen LogP contribution < -0.4 is 0 Å². The van der Waals surface area contributed by atoms with Crippen molar-refractivity contribution in [1.29, 1.82) is 0 Å². The quantitative estimate of drug-likeness (QED) is 0.179. The molecule has 10 heteroatoms. The number of hydrogen-bond donors (Lipinski definition) is 3. The molecule has 50 heavy (non-hydrogen) atoms. The molecule has 5 aliphatic rings. The van der Waals surface area contributed by atoms with Gasteiger partial charge in [0.15, 0.2) is 5.78 Å². The van der Waals surface area contributed by atoms with Crippen molar-refractivity contribution in [2.75, 3.05) is 13.7 Å². The van der Waals surface area contributed by atoms with E-state index >= 15 is 0 Å². The fourth-order valence-electron chi connectivity index (χ4n) is 8.83. The number of aromatic amines is 1. The first-order valence-corrected chi connectivity index (χ1v) is 18.5. The number of fused-ring (bicyclic) bond motifs is 5. The van der Waals surface area contributed by atoms with Gasteiger partial charge in [0.05, 0.1) is 36.4 Å². The lowest BCUT2D eigenvalue weighted by Crippen LogP contribution is -2.54. The fraction of sp³-hybridized carbons (Fsp3) is 0.625. The first-order valence-electron chi connectivity index (χ1n) is 18.5. The van der Waals surface area contributed by atoms with Crippen LogP contribution in [0.25, 0.3) is 6.08 Å². The summed E-state index contributed by atoms with van der Waals surface area (Å²) in [5.74, 6) is -0.550. The smallest absolute Gasteiger partial charge is 0.305 e. The molecule has 10 nitrogen and oxygen atoms in total. The Balaban J connectivity index is 1.52. The van der Waals surface area contributed by atoms with E-state index in [1.165, 1.54) is 13.5 Å². The minimum Gasteiger partial charge on any atom is -0.469 e. The number of carbonyl (C=O) groups excluding carboxylic acids is 2.